The smallest absolute Gasteiger partial charge is 0.129 e. The van der Waals surface area contributed by atoms with Gasteiger partial charge in [0.1, 0.15) is 5.82 Å². The fourth-order valence-electron chi connectivity index (χ4n) is 2.42. The number of rotatable bonds is 6. The summed E-state index contributed by atoms with van der Waals surface area (Å²) in [4.78, 5) is 2.23. The molecule has 1 N–H and O–H groups in total. The first-order valence-corrected chi connectivity index (χ1v) is 6.86. The molecule has 2 rings (SSSR count). The highest BCUT2D eigenvalue weighted by Crippen LogP contribution is 2.37. The Morgan fingerprint density at radius 1 is 1.44 bits per heavy atom. The number of benzene rings is 1. The molecule has 0 radical (unpaired) electrons. The highest BCUT2D eigenvalue weighted by atomic mass is 19.1. The van der Waals surface area contributed by atoms with Crippen LogP contribution < -0.4 is 10.2 Å². The fraction of sp³-hybridized carbons (Fsp3) is 0.600. The van der Waals surface area contributed by atoms with Crippen LogP contribution in [-0.4, -0.2) is 19.6 Å². The molecule has 0 heterocycles. The maximum Gasteiger partial charge on any atom is 0.129 e. The first-order chi connectivity index (χ1) is 8.65. The third-order valence-corrected chi connectivity index (χ3v) is 3.94. The topological polar surface area (TPSA) is 15.3 Å². The predicted octanol–water partition coefficient (Wildman–Crippen LogP) is 3.17. The van der Waals surface area contributed by atoms with Crippen LogP contribution in [0.1, 0.15) is 32.3 Å². The van der Waals surface area contributed by atoms with E-state index < -0.39 is 0 Å². The van der Waals surface area contributed by atoms with Crippen LogP contribution in [0.4, 0.5) is 10.1 Å². The molecular formula is C15H23FN2. The van der Waals surface area contributed by atoms with Crippen molar-refractivity contribution >= 4 is 5.69 Å². The van der Waals surface area contributed by atoms with E-state index in [4.69, 9.17) is 0 Å². The summed E-state index contributed by atoms with van der Waals surface area (Å²) < 4.78 is 13.9. The van der Waals surface area contributed by atoms with Gasteiger partial charge in [-0.1, -0.05) is 13.0 Å². The van der Waals surface area contributed by atoms with E-state index in [1.165, 1.54) is 12.8 Å². The normalized spacial score (nSPS) is 16.7. The van der Waals surface area contributed by atoms with Crippen molar-refractivity contribution in [2.45, 2.75) is 39.3 Å². The fourth-order valence-corrected chi connectivity index (χ4v) is 2.42. The molecule has 1 atom stereocenters. The Morgan fingerprint density at radius 3 is 2.78 bits per heavy atom. The first kappa shape index (κ1) is 13.3. The third-order valence-electron chi connectivity index (χ3n) is 3.94. The number of hydrogen-bond acceptors (Lipinski definition) is 2. The molecule has 1 aromatic carbocycles. The van der Waals surface area contributed by atoms with Crippen LogP contribution in [0.25, 0.3) is 0 Å². The summed E-state index contributed by atoms with van der Waals surface area (Å²) in [6, 6.07) is 5.86. The van der Waals surface area contributed by atoms with E-state index in [1.54, 1.807) is 12.1 Å². The van der Waals surface area contributed by atoms with Gasteiger partial charge in [-0.25, -0.2) is 4.39 Å². The van der Waals surface area contributed by atoms with Crippen LogP contribution in [-0.2, 0) is 6.54 Å². The molecule has 1 aromatic rings. The molecule has 3 heteroatoms. The van der Waals surface area contributed by atoms with Gasteiger partial charge >= 0.3 is 0 Å². The lowest BCUT2D eigenvalue weighted by atomic mass is 10.1. The van der Waals surface area contributed by atoms with Crippen molar-refractivity contribution in [1.29, 1.82) is 0 Å². The Morgan fingerprint density at radius 2 is 2.17 bits per heavy atom. The van der Waals surface area contributed by atoms with Crippen molar-refractivity contribution in [1.82, 2.24) is 5.32 Å². The van der Waals surface area contributed by atoms with Gasteiger partial charge in [0.05, 0.1) is 0 Å². The summed E-state index contributed by atoms with van der Waals surface area (Å²) in [5.41, 5.74) is 1.81. The second-order valence-electron chi connectivity index (χ2n) is 5.21. The van der Waals surface area contributed by atoms with Gasteiger partial charge in [-0.05, 0) is 44.4 Å². The summed E-state index contributed by atoms with van der Waals surface area (Å²) in [7, 11) is 2.08. The molecular weight excluding hydrogens is 227 g/mol. The minimum Gasteiger partial charge on any atom is -0.371 e. The van der Waals surface area contributed by atoms with Crippen molar-refractivity contribution in [2.24, 2.45) is 5.92 Å². The number of nitrogens with one attached hydrogen (secondary N) is 1. The lowest BCUT2D eigenvalue weighted by molar-refractivity contribution is 0.577. The number of hydrogen-bond donors (Lipinski definition) is 1. The molecule has 18 heavy (non-hydrogen) atoms. The summed E-state index contributed by atoms with van der Waals surface area (Å²) in [6.45, 7) is 5.73. The quantitative estimate of drug-likeness (QED) is 0.834. The van der Waals surface area contributed by atoms with Crippen molar-refractivity contribution in [2.75, 3.05) is 18.5 Å². The summed E-state index contributed by atoms with van der Waals surface area (Å²) >= 11 is 0. The first-order valence-electron chi connectivity index (χ1n) is 6.86. The molecule has 0 amide bonds. The molecule has 1 unspecified atom stereocenters. The maximum atomic E-state index is 13.9. The van der Waals surface area contributed by atoms with Crippen molar-refractivity contribution in [3.63, 3.8) is 0 Å². The predicted molar refractivity (Wildman–Crippen MR) is 74.4 cm³/mol. The standard InChI is InChI=1S/C15H23FN2/c1-4-17-10-13-14(16)6-5-7-15(13)18(3)11(2)12-8-9-12/h5-7,11-12,17H,4,8-10H2,1-3H3. The lowest BCUT2D eigenvalue weighted by Gasteiger charge is -2.29. The Hall–Kier alpha value is -1.09. The SMILES string of the molecule is CCNCc1c(F)cccc1N(C)C(C)C1CC1. The van der Waals surface area contributed by atoms with E-state index in [0.717, 1.165) is 23.7 Å². The van der Waals surface area contributed by atoms with Gasteiger partial charge < -0.3 is 10.2 Å². The zero-order valence-electron chi connectivity index (χ0n) is 11.5. The van der Waals surface area contributed by atoms with E-state index in [1.807, 2.05) is 13.0 Å². The second-order valence-corrected chi connectivity index (χ2v) is 5.21. The van der Waals surface area contributed by atoms with Gasteiger partial charge in [-0.2, -0.15) is 0 Å². The van der Waals surface area contributed by atoms with Crippen LogP contribution in [0.2, 0.25) is 0 Å². The Kier molecular flexibility index (Phi) is 4.23. The number of nitrogens with zero attached hydrogens (tertiary/aromatic N) is 1. The molecule has 0 saturated heterocycles. The Labute approximate surface area is 109 Å². The van der Waals surface area contributed by atoms with E-state index >= 15 is 0 Å². The molecule has 0 aromatic heterocycles. The Bertz CT molecular complexity index is 401. The minimum absolute atomic E-state index is 0.108. The van der Waals surface area contributed by atoms with Crippen LogP contribution >= 0.6 is 0 Å². The molecule has 0 aliphatic heterocycles. The monoisotopic (exact) mass is 250 g/mol. The van der Waals surface area contributed by atoms with Gasteiger partial charge in [0.25, 0.3) is 0 Å². The van der Waals surface area contributed by atoms with Crippen LogP contribution in [0, 0.1) is 11.7 Å². The molecule has 1 aliphatic carbocycles. The number of halogens is 1. The molecule has 2 nitrogen and oxygen atoms in total. The van der Waals surface area contributed by atoms with Crippen molar-refractivity contribution < 1.29 is 4.39 Å². The number of anilines is 1. The van der Waals surface area contributed by atoms with E-state index in [-0.39, 0.29) is 5.82 Å². The molecule has 1 aliphatic rings. The van der Waals surface area contributed by atoms with Gasteiger partial charge in [0.15, 0.2) is 0 Å². The molecule has 100 valence electrons. The van der Waals surface area contributed by atoms with Crippen LogP contribution in [0.5, 0.6) is 0 Å². The highest BCUT2D eigenvalue weighted by molar-refractivity contribution is 5.54. The van der Waals surface area contributed by atoms with Crippen LogP contribution in [0.3, 0.4) is 0 Å². The largest absolute Gasteiger partial charge is 0.371 e. The highest BCUT2D eigenvalue weighted by Gasteiger charge is 2.31. The van der Waals surface area contributed by atoms with Crippen molar-refractivity contribution in [3.05, 3.63) is 29.6 Å². The maximum absolute atomic E-state index is 13.9. The van der Waals surface area contributed by atoms with Gasteiger partial charge in [-0.15, -0.1) is 0 Å². The zero-order chi connectivity index (χ0) is 13.1. The van der Waals surface area contributed by atoms with Crippen LogP contribution in [0.15, 0.2) is 18.2 Å². The van der Waals surface area contributed by atoms with E-state index in [9.17, 15) is 4.39 Å². The second kappa shape index (κ2) is 5.70. The third kappa shape index (κ3) is 2.83. The zero-order valence-corrected chi connectivity index (χ0v) is 11.5. The minimum atomic E-state index is -0.108. The average Bonchev–Trinajstić information content (AvgIpc) is 3.19. The molecule has 0 bridgehead atoms. The van der Waals surface area contributed by atoms with Gasteiger partial charge in [-0.3, -0.25) is 0 Å². The average molecular weight is 250 g/mol. The van der Waals surface area contributed by atoms with Gasteiger partial charge in [0, 0.05) is 30.9 Å². The van der Waals surface area contributed by atoms with Gasteiger partial charge in [0.2, 0.25) is 0 Å². The summed E-state index contributed by atoms with van der Waals surface area (Å²) in [5, 5.41) is 3.22. The van der Waals surface area contributed by atoms with E-state index in [0.29, 0.717) is 12.6 Å². The van der Waals surface area contributed by atoms with E-state index in [2.05, 4.69) is 24.2 Å². The molecule has 1 saturated carbocycles. The molecule has 1 fully saturated rings. The van der Waals surface area contributed by atoms with Crippen molar-refractivity contribution in [3.8, 4) is 0 Å². The molecule has 0 spiro atoms. The summed E-state index contributed by atoms with van der Waals surface area (Å²) in [6.07, 6.45) is 2.62. The summed E-state index contributed by atoms with van der Waals surface area (Å²) in [5.74, 6) is 0.675. The Balaban J connectivity index is 2.21. The lowest BCUT2D eigenvalue weighted by Crippen LogP contribution is -2.32.